The third-order valence-corrected chi connectivity index (χ3v) is 2.98. The maximum Gasteiger partial charge on any atom is 0.258 e. The molecule has 0 aliphatic carbocycles. The summed E-state index contributed by atoms with van der Waals surface area (Å²) < 4.78 is 15.5. The van der Waals surface area contributed by atoms with Crippen molar-refractivity contribution in [2.45, 2.75) is 13.8 Å². The van der Waals surface area contributed by atoms with Crippen LogP contribution in [0.1, 0.15) is 11.5 Å². The van der Waals surface area contributed by atoms with Gasteiger partial charge in [-0.3, -0.25) is 9.36 Å². The lowest BCUT2D eigenvalue weighted by molar-refractivity contribution is 0.624. The number of halogens is 1. The molecule has 21 heavy (non-hydrogen) atoms. The fourth-order valence-corrected chi connectivity index (χ4v) is 2.11. The highest BCUT2D eigenvalue weighted by Crippen LogP contribution is 2.22. The highest BCUT2D eigenvalue weighted by atomic mass is 19.1. The van der Waals surface area contributed by atoms with E-state index in [-0.39, 0.29) is 11.2 Å². The minimum atomic E-state index is -0.535. The molecule has 1 heterocycles. The number of anilines is 1. The van der Waals surface area contributed by atoms with Gasteiger partial charge in [0.15, 0.2) is 5.82 Å². The first kappa shape index (κ1) is 14.6. The third kappa shape index (κ3) is 2.74. The summed E-state index contributed by atoms with van der Waals surface area (Å²) in [5, 5.41) is 4.84. The van der Waals surface area contributed by atoms with Crippen LogP contribution in [0.2, 0.25) is 0 Å². The van der Waals surface area contributed by atoms with Gasteiger partial charge in [-0.2, -0.15) is 5.10 Å². The molecule has 0 aliphatic heterocycles. The van der Waals surface area contributed by atoms with E-state index < -0.39 is 5.82 Å². The first-order valence-corrected chi connectivity index (χ1v) is 6.23. The molecule has 0 radical (unpaired) electrons. The SMILES string of the molecule is C=CN(N=C)c1ccc(-n2c(C)nc(C)cc2=O)cc1F. The van der Waals surface area contributed by atoms with Crippen molar-refractivity contribution in [1.82, 2.24) is 9.55 Å². The summed E-state index contributed by atoms with van der Waals surface area (Å²) in [7, 11) is 0. The highest BCUT2D eigenvalue weighted by Gasteiger charge is 2.11. The Bertz CT molecular complexity index is 759. The van der Waals surface area contributed by atoms with E-state index in [1.807, 2.05) is 0 Å². The number of hydrazone groups is 1. The highest BCUT2D eigenvalue weighted by molar-refractivity contribution is 5.55. The van der Waals surface area contributed by atoms with Crippen LogP contribution in [0.15, 0.2) is 46.9 Å². The molecule has 108 valence electrons. The lowest BCUT2D eigenvalue weighted by Crippen LogP contribution is -2.22. The van der Waals surface area contributed by atoms with Gasteiger partial charge in [-0.1, -0.05) is 6.58 Å². The largest absolute Gasteiger partial charge is 0.269 e. The fraction of sp³-hybridized carbons (Fsp3) is 0.133. The molecular formula is C15H15FN4O. The lowest BCUT2D eigenvalue weighted by Gasteiger charge is -2.15. The van der Waals surface area contributed by atoms with Crippen molar-refractivity contribution in [2.24, 2.45) is 5.10 Å². The molecule has 0 spiro atoms. The standard InChI is InChI=1S/C15H15FN4O/c1-5-19(17-4)14-7-6-12(9-13(14)16)20-11(3)18-10(2)8-15(20)21/h5-9H,1,4H2,2-3H3. The van der Waals surface area contributed by atoms with Crippen molar-refractivity contribution < 1.29 is 4.39 Å². The van der Waals surface area contributed by atoms with Gasteiger partial charge in [0.05, 0.1) is 5.69 Å². The Balaban J connectivity index is 2.58. The average Bonchev–Trinajstić information content (AvgIpc) is 2.41. The molecule has 6 heteroatoms. The number of benzene rings is 1. The van der Waals surface area contributed by atoms with Gasteiger partial charge in [0, 0.05) is 30.7 Å². The maximum absolute atomic E-state index is 14.2. The zero-order valence-electron chi connectivity index (χ0n) is 11.9. The molecule has 2 aromatic rings. The molecule has 0 amide bonds. The van der Waals surface area contributed by atoms with Crippen LogP contribution in [0.4, 0.5) is 10.1 Å². The number of aryl methyl sites for hydroxylation is 2. The average molecular weight is 286 g/mol. The fourth-order valence-electron chi connectivity index (χ4n) is 2.11. The second-order valence-electron chi connectivity index (χ2n) is 4.42. The van der Waals surface area contributed by atoms with Crippen LogP contribution in [-0.2, 0) is 0 Å². The molecule has 0 N–H and O–H groups in total. The van der Waals surface area contributed by atoms with E-state index >= 15 is 0 Å². The molecule has 0 atom stereocenters. The molecular weight excluding hydrogens is 271 g/mol. The number of hydrogen-bond donors (Lipinski definition) is 0. The van der Waals surface area contributed by atoms with Gasteiger partial charge in [0.2, 0.25) is 0 Å². The first-order valence-electron chi connectivity index (χ1n) is 6.23. The quantitative estimate of drug-likeness (QED) is 0.641. The van der Waals surface area contributed by atoms with E-state index in [4.69, 9.17) is 0 Å². The third-order valence-electron chi connectivity index (χ3n) is 2.98. The molecule has 0 saturated carbocycles. The van der Waals surface area contributed by atoms with Gasteiger partial charge in [-0.25, -0.2) is 14.4 Å². The molecule has 0 fully saturated rings. The molecule has 0 bridgehead atoms. The van der Waals surface area contributed by atoms with Crippen LogP contribution in [0.25, 0.3) is 5.69 Å². The summed E-state index contributed by atoms with van der Waals surface area (Å²) in [6, 6.07) is 5.78. The van der Waals surface area contributed by atoms with Crippen LogP contribution in [0.5, 0.6) is 0 Å². The van der Waals surface area contributed by atoms with Gasteiger partial charge in [-0.05, 0) is 26.0 Å². The van der Waals surface area contributed by atoms with E-state index in [0.717, 1.165) is 0 Å². The van der Waals surface area contributed by atoms with Crippen LogP contribution in [0.3, 0.4) is 0 Å². The van der Waals surface area contributed by atoms with Crippen molar-refractivity contribution in [1.29, 1.82) is 0 Å². The van der Waals surface area contributed by atoms with Gasteiger partial charge < -0.3 is 0 Å². The molecule has 5 nitrogen and oxygen atoms in total. The Morgan fingerprint density at radius 1 is 1.38 bits per heavy atom. The monoisotopic (exact) mass is 286 g/mol. The Labute approximate surface area is 121 Å². The number of hydrogen-bond acceptors (Lipinski definition) is 4. The number of aromatic nitrogens is 2. The van der Waals surface area contributed by atoms with E-state index in [0.29, 0.717) is 17.2 Å². The van der Waals surface area contributed by atoms with E-state index in [1.165, 1.54) is 34.0 Å². The molecule has 0 saturated heterocycles. The molecule has 1 aromatic heterocycles. The molecule has 0 unspecified atom stereocenters. The van der Waals surface area contributed by atoms with Crippen molar-refractivity contribution in [3.8, 4) is 5.69 Å². The van der Waals surface area contributed by atoms with Crippen LogP contribution >= 0.6 is 0 Å². The summed E-state index contributed by atoms with van der Waals surface area (Å²) in [6.45, 7) is 10.3. The minimum Gasteiger partial charge on any atom is -0.269 e. The van der Waals surface area contributed by atoms with Gasteiger partial charge in [0.25, 0.3) is 5.56 Å². The lowest BCUT2D eigenvalue weighted by atomic mass is 10.2. The van der Waals surface area contributed by atoms with E-state index in [9.17, 15) is 9.18 Å². The second kappa shape index (κ2) is 5.70. The predicted octanol–water partition coefficient (Wildman–Crippen LogP) is 2.55. The van der Waals surface area contributed by atoms with E-state index in [2.05, 4.69) is 23.4 Å². The van der Waals surface area contributed by atoms with Gasteiger partial charge in [0.1, 0.15) is 11.5 Å². The zero-order chi connectivity index (χ0) is 15.6. The smallest absolute Gasteiger partial charge is 0.258 e. The summed E-state index contributed by atoms with van der Waals surface area (Å²) in [6.07, 6.45) is 1.34. The van der Waals surface area contributed by atoms with Crippen molar-refractivity contribution in [3.63, 3.8) is 0 Å². The van der Waals surface area contributed by atoms with Gasteiger partial charge >= 0.3 is 0 Å². The van der Waals surface area contributed by atoms with Crippen LogP contribution in [0, 0.1) is 19.7 Å². The Kier molecular flexibility index (Phi) is 3.98. The van der Waals surface area contributed by atoms with Crippen LogP contribution < -0.4 is 10.6 Å². The van der Waals surface area contributed by atoms with Gasteiger partial charge in [-0.15, -0.1) is 0 Å². The summed E-state index contributed by atoms with van der Waals surface area (Å²) >= 11 is 0. The Hall–Kier alpha value is -2.76. The Morgan fingerprint density at radius 3 is 2.62 bits per heavy atom. The zero-order valence-corrected chi connectivity index (χ0v) is 11.9. The normalized spacial score (nSPS) is 10.2. The Morgan fingerprint density at radius 2 is 2.10 bits per heavy atom. The topological polar surface area (TPSA) is 50.5 Å². The summed E-state index contributed by atoms with van der Waals surface area (Å²) in [4.78, 5) is 16.3. The van der Waals surface area contributed by atoms with Crippen LogP contribution in [-0.4, -0.2) is 16.3 Å². The molecule has 2 rings (SSSR count). The molecule has 0 aliphatic rings. The number of nitrogens with zero attached hydrogens (tertiary/aromatic N) is 4. The number of rotatable bonds is 4. The predicted molar refractivity (Wildman–Crippen MR) is 81.5 cm³/mol. The first-order chi connectivity index (χ1) is 9.97. The van der Waals surface area contributed by atoms with Crippen molar-refractivity contribution in [2.75, 3.05) is 5.01 Å². The minimum absolute atomic E-state index is 0.203. The maximum atomic E-state index is 14.2. The molecule has 1 aromatic carbocycles. The summed E-state index contributed by atoms with van der Waals surface area (Å²) in [5.74, 6) is -0.0405. The van der Waals surface area contributed by atoms with Crippen molar-refractivity contribution >= 4 is 12.4 Å². The van der Waals surface area contributed by atoms with E-state index in [1.54, 1.807) is 19.9 Å². The summed E-state index contributed by atoms with van der Waals surface area (Å²) in [5.41, 5.74) is 0.975. The second-order valence-corrected chi connectivity index (χ2v) is 4.42. The van der Waals surface area contributed by atoms with Crippen molar-refractivity contribution in [3.05, 3.63) is 64.7 Å².